The maximum absolute atomic E-state index is 13.7. The summed E-state index contributed by atoms with van der Waals surface area (Å²) >= 11 is 5.72. The summed E-state index contributed by atoms with van der Waals surface area (Å²) in [6, 6.07) is 6.77. The Labute approximate surface area is 138 Å². The van der Waals surface area contributed by atoms with E-state index in [1.807, 2.05) is 0 Å². The number of halogens is 2. The van der Waals surface area contributed by atoms with Crippen LogP contribution in [0.1, 0.15) is 20.8 Å². The van der Waals surface area contributed by atoms with Gasteiger partial charge in [0.2, 0.25) is 0 Å². The summed E-state index contributed by atoms with van der Waals surface area (Å²) < 4.78 is 18.9. The summed E-state index contributed by atoms with van der Waals surface area (Å²) in [5.41, 5.74) is 0.494. The number of hydrogen-bond acceptors (Lipinski definition) is 5. The van der Waals surface area contributed by atoms with Crippen molar-refractivity contribution >= 4 is 34.4 Å². The molecule has 0 fully saturated rings. The summed E-state index contributed by atoms with van der Waals surface area (Å²) in [6.45, 7) is 5.33. The number of amidine groups is 1. The number of rotatable bonds is 3. The van der Waals surface area contributed by atoms with E-state index < -0.39 is 23.7 Å². The zero-order chi connectivity index (χ0) is 17.0. The molecule has 1 aromatic rings. The second-order valence-electron chi connectivity index (χ2n) is 5.85. The molecule has 0 bridgehead atoms. The van der Waals surface area contributed by atoms with Gasteiger partial charge in [0.05, 0.1) is 0 Å². The normalized spacial score (nSPS) is 17.5. The fraction of sp³-hybridized carbons (Fsp3) is 0.333. The lowest BCUT2D eigenvalue weighted by atomic mass is 10.2. The number of amides is 1. The molecule has 1 amide bonds. The molecule has 1 aliphatic heterocycles. The molecule has 0 radical (unpaired) electrons. The van der Waals surface area contributed by atoms with Crippen molar-refractivity contribution in [2.75, 3.05) is 10.6 Å². The minimum Gasteiger partial charge on any atom is -0.444 e. The van der Waals surface area contributed by atoms with Gasteiger partial charge in [0.15, 0.2) is 17.3 Å². The molecular weight excluding hydrogens is 323 g/mol. The first kappa shape index (κ1) is 17.1. The lowest BCUT2D eigenvalue weighted by molar-refractivity contribution is 0.0636. The second kappa shape index (κ2) is 6.87. The lowest BCUT2D eigenvalue weighted by Crippen LogP contribution is -2.28. The van der Waals surface area contributed by atoms with Crippen molar-refractivity contribution in [2.45, 2.75) is 32.5 Å². The van der Waals surface area contributed by atoms with Crippen LogP contribution in [-0.4, -0.2) is 23.2 Å². The van der Waals surface area contributed by atoms with E-state index in [9.17, 15) is 9.18 Å². The van der Waals surface area contributed by atoms with Crippen molar-refractivity contribution in [3.63, 3.8) is 0 Å². The molecule has 6 nitrogen and oxygen atoms in total. The molecule has 1 atom stereocenters. The molecule has 23 heavy (non-hydrogen) atoms. The number of benzene rings is 1. The van der Waals surface area contributed by atoms with Crippen LogP contribution < -0.4 is 16.0 Å². The zero-order valence-electron chi connectivity index (χ0n) is 13.0. The highest BCUT2D eigenvalue weighted by Gasteiger charge is 2.19. The van der Waals surface area contributed by atoms with E-state index in [4.69, 9.17) is 16.3 Å². The Balaban J connectivity index is 2.04. The number of carbonyl (C=O) groups excluding carboxylic acids is 1. The van der Waals surface area contributed by atoms with Crippen molar-refractivity contribution in [3.05, 3.63) is 36.3 Å². The van der Waals surface area contributed by atoms with Crippen LogP contribution in [0.2, 0.25) is 0 Å². The molecule has 8 heteroatoms. The molecule has 124 valence electrons. The van der Waals surface area contributed by atoms with Crippen molar-refractivity contribution in [2.24, 2.45) is 4.99 Å². The standard InChI is InChI=1S/C15H18ClFN4O2/c1-15(2,3)23-14(22)20-10-6-4-5-9(7-10)19-12-11(17)8-18-13(16)21-12/h4-8,12,19H,1-3H3,(H,18,21)(H,20,22). The lowest BCUT2D eigenvalue weighted by Gasteiger charge is -2.20. The number of hydrogen-bond donors (Lipinski definition) is 3. The second-order valence-corrected chi connectivity index (χ2v) is 6.21. The highest BCUT2D eigenvalue weighted by atomic mass is 35.5. The third-order valence-electron chi connectivity index (χ3n) is 2.64. The maximum atomic E-state index is 13.7. The Hall–Kier alpha value is -2.28. The van der Waals surface area contributed by atoms with Crippen LogP contribution in [0, 0.1) is 0 Å². The van der Waals surface area contributed by atoms with Gasteiger partial charge in [-0.15, -0.1) is 0 Å². The van der Waals surface area contributed by atoms with E-state index in [-0.39, 0.29) is 5.29 Å². The first-order valence-electron chi connectivity index (χ1n) is 6.95. The van der Waals surface area contributed by atoms with Gasteiger partial charge in [-0.25, -0.2) is 14.2 Å². The number of nitrogens with one attached hydrogen (secondary N) is 3. The van der Waals surface area contributed by atoms with Gasteiger partial charge in [-0.1, -0.05) is 6.07 Å². The van der Waals surface area contributed by atoms with E-state index in [2.05, 4.69) is 20.9 Å². The van der Waals surface area contributed by atoms with Gasteiger partial charge in [0, 0.05) is 17.6 Å². The van der Waals surface area contributed by atoms with Crippen LogP contribution in [0.25, 0.3) is 0 Å². The number of nitrogens with zero attached hydrogens (tertiary/aromatic N) is 1. The average molecular weight is 341 g/mol. The van der Waals surface area contributed by atoms with Gasteiger partial charge >= 0.3 is 6.09 Å². The third-order valence-corrected chi connectivity index (χ3v) is 2.85. The predicted octanol–water partition coefficient (Wildman–Crippen LogP) is 3.78. The Kier molecular flexibility index (Phi) is 5.10. The van der Waals surface area contributed by atoms with Crippen LogP contribution in [0.3, 0.4) is 0 Å². The first-order chi connectivity index (χ1) is 10.7. The first-order valence-corrected chi connectivity index (χ1v) is 7.33. The molecule has 0 saturated heterocycles. The van der Waals surface area contributed by atoms with E-state index in [1.54, 1.807) is 45.0 Å². The minimum atomic E-state index is -0.916. The van der Waals surface area contributed by atoms with Crippen LogP contribution in [0.4, 0.5) is 20.6 Å². The van der Waals surface area contributed by atoms with Gasteiger partial charge in [-0.05, 0) is 50.6 Å². The summed E-state index contributed by atoms with van der Waals surface area (Å²) in [6.07, 6.45) is -0.348. The fourth-order valence-corrected chi connectivity index (χ4v) is 1.94. The molecule has 0 aromatic heterocycles. The van der Waals surface area contributed by atoms with Gasteiger partial charge in [0.25, 0.3) is 0 Å². The fourth-order valence-electron chi connectivity index (χ4n) is 1.79. The summed E-state index contributed by atoms with van der Waals surface area (Å²) in [7, 11) is 0. The molecule has 1 heterocycles. The third kappa shape index (κ3) is 5.45. The molecule has 1 aromatic carbocycles. The molecule has 1 aliphatic rings. The number of carbonyl (C=O) groups is 1. The highest BCUT2D eigenvalue weighted by molar-refractivity contribution is 6.64. The van der Waals surface area contributed by atoms with E-state index in [1.165, 1.54) is 0 Å². The molecule has 3 N–H and O–H groups in total. The molecular formula is C15H18ClFN4O2. The van der Waals surface area contributed by atoms with Crippen molar-refractivity contribution in [3.8, 4) is 0 Å². The number of aliphatic imine (C=N–C) groups is 1. The molecule has 1 unspecified atom stereocenters. The molecule has 2 rings (SSSR count). The summed E-state index contributed by atoms with van der Waals surface area (Å²) in [5, 5.41) is 8.05. The Bertz CT molecular complexity index is 655. The maximum Gasteiger partial charge on any atom is 0.412 e. The topological polar surface area (TPSA) is 74.8 Å². The Morgan fingerprint density at radius 1 is 1.39 bits per heavy atom. The van der Waals surface area contributed by atoms with Crippen LogP contribution >= 0.6 is 11.6 Å². The predicted molar refractivity (Wildman–Crippen MR) is 89.3 cm³/mol. The Morgan fingerprint density at radius 3 is 2.78 bits per heavy atom. The van der Waals surface area contributed by atoms with Crippen molar-refractivity contribution < 1.29 is 13.9 Å². The minimum absolute atomic E-state index is 0.0898. The largest absolute Gasteiger partial charge is 0.444 e. The smallest absolute Gasteiger partial charge is 0.412 e. The van der Waals surface area contributed by atoms with Crippen molar-refractivity contribution in [1.82, 2.24) is 5.32 Å². The Morgan fingerprint density at radius 2 is 2.09 bits per heavy atom. The van der Waals surface area contributed by atoms with Gasteiger partial charge in [-0.3, -0.25) is 5.32 Å². The van der Waals surface area contributed by atoms with Gasteiger partial charge < -0.3 is 15.4 Å². The molecule has 0 saturated carbocycles. The summed E-state index contributed by atoms with van der Waals surface area (Å²) in [5.74, 6) is -0.500. The zero-order valence-corrected chi connectivity index (χ0v) is 13.7. The van der Waals surface area contributed by atoms with E-state index >= 15 is 0 Å². The molecule has 0 aliphatic carbocycles. The van der Waals surface area contributed by atoms with E-state index in [0.717, 1.165) is 6.20 Å². The quantitative estimate of drug-likeness (QED) is 0.732. The van der Waals surface area contributed by atoms with Crippen LogP contribution in [0.5, 0.6) is 0 Å². The molecule has 0 spiro atoms. The van der Waals surface area contributed by atoms with Crippen molar-refractivity contribution in [1.29, 1.82) is 0 Å². The van der Waals surface area contributed by atoms with Gasteiger partial charge in [-0.2, -0.15) is 0 Å². The van der Waals surface area contributed by atoms with E-state index in [0.29, 0.717) is 11.4 Å². The monoisotopic (exact) mass is 340 g/mol. The van der Waals surface area contributed by atoms with Crippen LogP contribution in [-0.2, 0) is 4.74 Å². The summed E-state index contributed by atoms with van der Waals surface area (Å²) in [4.78, 5) is 15.7. The SMILES string of the molecule is CC(C)(C)OC(=O)Nc1cccc(NC2N=C(Cl)NC=C2F)c1. The average Bonchev–Trinajstić information content (AvgIpc) is 2.41. The van der Waals surface area contributed by atoms with Gasteiger partial charge in [0.1, 0.15) is 5.60 Å². The number of ether oxygens (including phenoxy) is 1. The van der Waals surface area contributed by atoms with Crippen LogP contribution in [0.15, 0.2) is 41.3 Å². The number of anilines is 2. The highest BCUT2D eigenvalue weighted by Crippen LogP contribution is 2.21.